The monoisotopic (exact) mass is 529 g/mol. The quantitative estimate of drug-likeness (QED) is 0.344. The van der Waals surface area contributed by atoms with E-state index < -0.39 is 11.0 Å². The molecule has 0 radical (unpaired) electrons. The zero-order chi connectivity index (χ0) is 26.6. The fourth-order valence-electron chi connectivity index (χ4n) is 4.18. The lowest BCUT2D eigenvalue weighted by Crippen LogP contribution is -2.42. The number of nitrogens with zero attached hydrogens (tertiary/aromatic N) is 4. The second-order valence-corrected chi connectivity index (χ2v) is 9.50. The van der Waals surface area contributed by atoms with E-state index in [-0.39, 0.29) is 30.5 Å². The van der Waals surface area contributed by atoms with E-state index in [1.165, 1.54) is 28.8 Å². The maximum absolute atomic E-state index is 13.4. The second kappa shape index (κ2) is 10.9. The van der Waals surface area contributed by atoms with Gasteiger partial charge in [-0.1, -0.05) is 54.2 Å². The van der Waals surface area contributed by atoms with Crippen molar-refractivity contribution in [2.45, 2.75) is 24.8 Å². The van der Waals surface area contributed by atoms with E-state index in [0.717, 1.165) is 16.7 Å². The predicted molar refractivity (Wildman–Crippen MR) is 145 cm³/mol. The third-order valence-corrected chi connectivity index (χ3v) is 7.12. The molecule has 11 heteroatoms. The Morgan fingerprint density at radius 3 is 2.61 bits per heavy atom. The van der Waals surface area contributed by atoms with Gasteiger partial charge in [-0.15, -0.1) is 0 Å². The summed E-state index contributed by atoms with van der Waals surface area (Å²) in [5, 5.41) is 14.2. The fraction of sp³-hybridized carbons (Fsp3) is 0.185. The molecule has 0 bridgehead atoms. The summed E-state index contributed by atoms with van der Waals surface area (Å²) in [6.45, 7) is 0.269. The molecule has 0 saturated carbocycles. The number of amidine groups is 2. The highest BCUT2D eigenvalue weighted by Crippen LogP contribution is 2.35. The van der Waals surface area contributed by atoms with Crippen molar-refractivity contribution in [1.82, 2.24) is 10.2 Å². The molecule has 192 valence electrons. The first kappa shape index (κ1) is 25.2. The van der Waals surface area contributed by atoms with Gasteiger partial charge in [0.2, 0.25) is 5.91 Å². The molecule has 0 saturated heterocycles. The number of benzene rings is 3. The third kappa shape index (κ3) is 5.14. The van der Waals surface area contributed by atoms with Crippen LogP contribution >= 0.6 is 11.8 Å². The van der Waals surface area contributed by atoms with Crippen LogP contribution in [0.15, 0.2) is 82.8 Å². The SMILES string of the molecule is COc1ccccc1CNC(=O)C[C@@H]1N=C2c3ccccc3N=C(SCc3ccc([N+](=O)[O-])cc3)N2C1=O. The van der Waals surface area contributed by atoms with Gasteiger partial charge >= 0.3 is 0 Å². The topological polar surface area (TPSA) is 126 Å². The first-order valence-corrected chi connectivity index (χ1v) is 12.8. The number of nitro benzene ring substituents is 1. The Bertz CT molecular complexity index is 1470. The van der Waals surface area contributed by atoms with E-state index >= 15 is 0 Å². The van der Waals surface area contributed by atoms with Gasteiger partial charge in [0.25, 0.3) is 11.6 Å². The molecule has 0 spiro atoms. The molecular formula is C27H23N5O5S. The number of hydrogen-bond acceptors (Lipinski definition) is 8. The maximum Gasteiger partial charge on any atom is 0.269 e. The largest absolute Gasteiger partial charge is 0.496 e. The van der Waals surface area contributed by atoms with Crippen molar-refractivity contribution in [3.8, 4) is 5.75 Å². The Morgan fingerprint density at radius 2 is 1.84 bits per heavy atom. The molecule has 2 aliphatic heterocycles. The fourth-order valence-corrected chi connectivity index (χ4v) is 5.14. The minimum absolute atomic E-state index is 0.0126. The smallest absolute Gasteiger partial charge is 0.269 e. The lowest BCUT2D eigenvalue weighted by molar-refractivity contribution is -0.384. The number of rotatable bonds is 8. The van der Waals surface area contributed by atoms with Crippen LogP contribution in [0.4, 0.5) is 11.4 Å². The first-order chi connectivity index (χ1) is 18.4. The van der Waals surface area contributed by atoms with E-state index in [2.05, 4.69) is 15.3 Å². The van der Waals surface area contributed by atoms with Crippen molar-refractivity contribution < 1.29 is 19.2 Å². The van der Waals surface area contributed by atoms with Gasteiger partial charge in [0.15, 0.2) is 5.17 Å². The number of methoxy groups -OCH3 is 1. The molecule has 0 aromatic heterocycles. The van der Waals surface area contributed by atoms with Crippen molar-refractivity contribution in [2.24, 2.45) is 9.98 Å². The van der Waals surface area contributed by atoms with Gasteiger partial charge in [-0.05, 0) is 23.8 Å². The summed E-state index contributed by atoms with van der Waals surface area (Å²) in [6, 6.07) is 20.2. The van der Waals surface area contributed by atoms with E-state index in [1.807, 2.05) is 48.5 Å². The van der Waals surface area contributed by atoms with Crippen LogP contribution in [0.3, 0.4) is 0 Å². The van der Waals surface area contributed by atoms with Crippen LogP contribution < -0.4 is 10.1 Å². The normalized spacial score (nSPS) is 15.8. The van der Waals surface area contributed by atoms with Gasteiger partial charge in [0.1, 0.15) is 17.6 Å². The molecule has 0 aliphatic carbocycles. The third-order valence-electron chi connectivity index (χ3n) is 6.11. The number of carbonyl (C=O) groups is 2. The van der Waals surface area contributed by atoms with Crippen molar-refractivity contribution in [3.63, 3.8) is 0 Å². The highest BCUT2D eigenvalue weighted by Gasteiger charge is 2.42. The molecular weight excluding hydrogens is 506 g/mol. The Balaban J connectivity index is 1.31. The minimum Gasteiger partial charge on any atom is -0.496 e. The number of carbonyl (C=O) groups excluding carboxylic acids is 2. The van der Waals surface area contributed by atoms with Gasteiger partial charge in [0.05, 0.1) is 24.1 Å². The van der Waals surface area contributed by atoms with Crippen LogP contribution in [-0.2, 0) is 21.9 Å². The summed E-state index contributed by atoms with van der Waals surface area (Å²) in [5.74, 6) is 0.958. The number of para-hydroxylation sites is 2. The van der Waals surface area contributed by atoms with Crippen molar-refractivity contribution in [1.29, 1.82) is 0 Å². The number of non-ortho nitro benzene ring substituents is 1. The molecule has 5 rings (SSSR count). The standard InChI is InChI=1S/C27H23N5O5S/c1-37-23-9-5-2-6-18(23)15-28-24(33)14-22-26(34)31-25(29-22)20-7-3-4-8-21(20)30-27(31)38-16-17-10-12-19(13-11-17)32(35)36/h2-13,22H,14-16H2,1H3,(H,28,33)/t22-/m0/s1. The Morgan fingerprint density at radius 1 is 1.11 bits per heavy atom. The van der Waals surface area contributed by atoms with Crippen LogP contribution in [0, 0.1) is 10.1 Å². The van der Waals surface area contributed by atoms with Gasteiger partial charge in [0, 0.05) is 35.6 Å². The number of amides is 2. The van der Waals surface area contributed by atoms with Gasteiger partial charge < -0.3 is 10.1 Å². The summed E-state index contributed by atoms with van der Waals surface area (Å²) in [6.07, 6.45) is -0.101. The maximum atomic E-state index is 13.4. The van der Waals surface area contributed by atoms with Crippen LogP contribution in [0.2, 0.25) is 0 Å². The van der Waals surface area contributed by atoms with Crippen LogP contribution in [0.1, 0.15) is 23.1 Å². The second-order valence-electron chi connectivity index (χ2n) is 8.56. The molecule has 10 nitrogen and oxygen atoms in total. The molecule has 3 aromatic carbocycles. The highest BCUT2D eigenvalue weighted by molar-refractivity contribution is 8.13. The van der Waals surface area contributed by atoms with Gasteiger partial charge in [-0.2, -0.15) is 0 Å². The average molecular weight is 530 g/mol. The van der Waals surface area contributed by atoms with Crippen molar-refractivity contribution >= 4 is 46.0 Å². The highest BCUT2D eigenvalue weighted by atomic mass is 32.2. The average Bonchev–Trinajstić information content (AvgIpc) is 3.26. The number of thioether (sulfide) groups is 1. The van der Waals surface area contributed by atoms with Gasteiger partial charge in [-0.25, -0.2) is 9.89 Å². The minimum atomic E-state index is -0.876. The van der Waals surface area contributed by atoms with Crippen molar-refractivity contribution in [2.75, 3.05) is 7.11 Å². The number of aliphatic imine (C=N–C) groups is 2. The van der Waals surface area contributed by atoms with Crippen LogP contribution in [-0.4, -0.2) is 45.8 Å². The van der Waals surface area contributed by atoms with Crippen LogP contribution in [0.25, 0.3) is 0 Å². The number of ether oxygens (including phenoxy) is 1. The number of fused-ring (bicyclic) bond motifs is 3. The van der Waals surface area contributed by atoms with Gasteiger partial charge in [-0.3, -0.25) is 24.7 Å². The molecule has 0 unspecified atom stereocenters. The Labute approximate surface area is 222 Å². The zero-order valence-corrected chi connectivity index (χ0v) is 21.2. The predicted octanol–water partition coefficient (Wildman–Crippen LogP) is 4.20. The molecule has 0 fully saturated rings. The lowest BCUT2D eigenvalue weighted by atomic mass is 10.1. The molecule has 2 aliphatic rings. The van der Waals surface area contributed by atoms with Crippen molar-refractivity contribution in [3.05, 3.63) is 99.6 Å². The Hall–Kier alpha value is -4.51. The molecule has 2 amide bonds. The summed E-state index contributed by atoms with van der Waals surface area (Å²) < 4.78 is 5.33. The summed E-state index contributed by atoms with van der Waals surface area (Å²) >= 11 is 1.33. The number of hydrogen-bond donors (Lipinski definition) is 1. The lowest BCUT2D eigenvalue weighted by Gasteiger charge is -2.25. The van der Waals surface area contributed by atoms with Crippen LogP contribution in [0.5, 0.6) is 5.75 Å². The summed E-state index contributed by atoms with van der Waals surface area (Å²) in [7, 11) is 1.57. The molecule has 1 N–H and O–H groups in total. The summed E-state index contributed by atoms with van der Waals surface area (Å²) in [5.41, 5.74) is 3.09. The first-order valence-electron chi connectivity index (χ1n) is 11.8. The van der Waals surface area contributed by atoms with E-state index in [1.54, 1.807) is 19.2 Å². The molecule has 3 aromatic rings. The molecule has 38 heavy (non-hydrogen) atoms. The van der Waals surface area contributed by atoms with E-state index in [0.29, 0.717) is 28.2 Å². The van der Waals surface area contributed by atoms with E-state index in [4.69, 9.17) is 4.74 Å². The zero-order valence-electron chi connectivity index (χ0n) is 20.4. The molecule has 1 atom stereocenters. The molecule has 2 heterocycles. The Kier molecular flexibility index (Phi) is 7.18. The number of nitro groups is 1. The number of nitrogens with one attached hydrogen (secondary N) is 1. The summed E-state index contributed by atoms with van der Waals surface area (Å²) in [4.78, 5) is 47.5. The van der Waals surface area contributed by atoms with E-state index in [9.17, 15) is 19.7 Å².